The van der Waals surface area contributed by atoms with E-state index in [1.807, 2.05) is 5.06 Å². The average Bonchev–Trinajstić information content (AvgIpc) is 2.49. The number of hydroxylamine groups is 2. The van der Waals surface area contributed by atoms with Gasteiger partial charge in [-0.1, -0.05) is 0 Å². The number of hydrogen-bond acceptors (Lipinski definition) is 4. The lowest BCUT2D eigenvalue weighted by atomic mass is 9.68. The minimum atomic E-state index is -0.0800. The Morgan fingerprint density at radius 2 is 2.12 bits per heavy atom. The van der Waals surface area contributed by atoms with Crippen molar-refractivity contribution >= 4 is 0 Å². The van der Waals surface area contributed by atoms with E-state index in [2.05, 4.69) is 6.07 Å². The highest BCUT2D eigenvalue weighted by Crippen LogP contribution is 2.52. The number of fused-ring (bicyclic) bond motifs is 1. The molecule has 0 aromatic rings. The van der Waals surface area contributed by atoms with Crippen molar-refractivity contribution in [3.05, 3.63) is 0 Å². The molecule has 4 nitrogen and oxygen atoms in total. The third kappa shape index (κ3) is 1.20. The van der Waals surface area contributed by atoms with Gasteiger partial charge in [0.15, 0.2) is 0 Å². The van der Waals surface area contributed by atoms with Crippen LogP contribution >= 0.6 is 0 Å². The SMILES string of the molecule is N#C[C@H]1[C@H]2CCC[C@@]13CCC[C@H](CO)N3O2. The van der Waals surface area contributed by atoms with Gasteiger partial charge in [0.05, 0.1) is 36.3 Å². The second-order valence-corrected chi connectivity index (χ2v) is 5.30. The first-order valence-corrected chi connectivity index (χ1v) is 6.28. The van der Waals surface area contributed by atoms with Crippen LogP contribution in [0, 0.1) is 17.2 Å². The Morgan fingerprint density at radius 3 is 2.81 bits per heavy atom. The molecule has 0 amide bonds. The Morgan fingerprint density at radius 1 is 1.38 bits per heavy atom. The summed E-state index contributed by atoms with van der Waals surface area (Å²) < 4.78 is 0. The van der Waals surface area contributed by atoms with Gasteiger partial charge in [0.2, 0.25) is 0 Å². The Labute approximate surface area is 95.8 Å². The van der Waals surface area contributed by atoms with Gasteiger partial charge in [-0.15, -0.1) is 0 Å². The molecular weight excluding hydrogens is 204 g/mol. The predicted octanol–water partition coefficient (Wildman–Crippen LogP) is 1.21. The van der Waals surface area contributed by atoms with Crippen molar-refractivity contribution in [3.63, 3.8) is 0 Å². The van der Waals surface area contributed by atoms with Gasteiger partial charge < -0.3 is 5.11 Å². The molecule has 1 saturated carbocycles. The number of aliphatic hydroxyl groups excluding tert-OH is 1. The molecule has 4 heteroatoms. The highest BCUT2D eigenvalue weighted by Gasteiger charge is 2.60. The molecule has 1 aliphatic carbocycles. The normalized spacial score (nSPS) is 47.4. The van der Waals surface area contributed by atoms with E-state index in [0.717, 1.165) is 38.5 Å². The zero-order valence-corrected chi connectivity index (χ0v) is 9.43. The minimum absolute atomic E-state index is 0.00981. The summed E-state index contributed by atoms with van der Waals surface area (Å²) in [6.45, 7) is 0.145. The Kier molecular flexibility index (Phi) is 2.43. The molecule has 3 aliphatic rings. The van der Waals surface area contributed by atoms with Crippen LogP contribution in [0.3, 0.4) is 0 Å². The molecular formula is C12H18N2O2. The fourth-order valence-electron chi connectivity index (χ4n) is 3.86. The summed E-state index contributed by atoms with van der Waals surface area (Å²) in [5, 5.41) is 20.8. The van der Waals surface area contributed by atoms with Gasteiger partial charge >= 0.3 is 0 Å². The van der Waals surface area contributed by atoms with Gasteiger partial charge in [-0.25, -0.2) is 0 Å². The standard InChI is InChI=1S/C12H18N2O2/c13-7-10-11-4-2-6-12(10)5-1-3-9(8-15)14(12)16-11/h9-11,15H,1-6,8H2/t9-,10+,11-,12+/m1/s1. The van der Waals surface area contributed by atoms with Crippen molar-refractivity contribution in [2.75, 3.05) is 6.61 Å². The summed E-state index contributed by atoms with van der Waals surface area (Å²) in [5.74, 6) is 0.00981. The van der Waals surface area contributed by atoms with Crippen LogP contribution < -0.4 is 0 Å². The number of aliphatic hydroxyl groups is 1. The highest BCUT2D eigenvalue weighted by molar-refractivity contribution is 5.14. The van der Waals surface area contributed by atoms with Crippen LogP contribution in [-0.4, -0.2) is 34.5 Å². The van der Waals surface area contributed by atoms with E-state index in [4.69, 9.17) is 4.84 Å². The minimum Gasteiger partial charge on any atom is -0.395 e. The van der Waals surface area contributed by atoms with Crippen molar-refractivity contribution in [3.8, 4) is 6.07 Å². The largest absolute Gasteiger partial charge is 0.395 e. The lowest BCUT2D eigenvalue weighted by molar-refractivity contribution is -0.227. The van der Waals surface area contributed by atoms with E-state index >= 15 is 0 Å². The first-order chi connectivity index (χ1) is 7.81. The van der Waals surface area contributed by atoms with Crippen LogP contribution in [0.25, 0.3) is 0 Å². The Balaban J connectivity index is 1.97. The van der Waals surface area contributed by atoms with Crippen molar-refractivity contribution in [2.24, 2.45) is 5.92 Å². The quantitative estimate of drug-likeness (QED) is 0.724. The van der Waals surface area contributed by atoms with E-state index in [1.54, 1.807) is 0 Å². The average molecular weight is 222 g/mol. The van der Waals surface area contributed by atoms with E-state index in [-0.39, 0.29) is 30.2 Å². The van der Waals surface area contributed by atoms with Crippen LogP contribution in [0.15, 0.2) is 0 Å². The summed E-state index contributed by atoms with van der Waals surface area (Å²) >= 11 is 0. The van der Waals surface area contributed by atoms with Crippen LogP contribution in [0.5, 0.6) is 0 Å². The second-order valence-electron chi connectivity index (χ2n) is 5.30. The van der Waals surface area contributed by atoms with E-state index < -0.39 is 0 Å². The molecule has 16 heavy (non-hydrogen) atoms. The monoisotopic (exact) mass is 222 g/mol. The van der Waals surface area contributed by atoms with Gasteiger partial charge in [0, 0.05) is 0 Å². The van der Waals surface area contributed by atoms with Crippen molar-refractivity contribution in [1.82, 2.24) is 5.06 Å². The van der Waals surface area contributed by atoms with Crippen molar-refractivity contribution in [2.45, 2.75) is 56.2 Å². The lowest BCUT2D eigenvalue weighted by Gasteiger charge is -2.46. The van der Waals surface area contributed by atoms with E-state index in [9.17, 15) is 10.4 Å². The number of rotatable bonds is 1. The highest BCUT2D eigenvalue weighted by atomic mass is 16.7. The third-order valence-electron chi connectivity index (χ3n) is 4.57. The topological polar surface area (TPSA) is 56.5 Å². The maximum atomic E-state index is 9.41. The molecule has 3 fully saturated rings. The molecule has 0 radical (unpaired) electrons. The summed E-state index contributed by atoms with van der Waals surface area (Å²) in [5.41, 5.74) is -0.0800. The number of nitriles is 1. The third-order valence-corrected chi connectivity index (χ3v) is 4.57. The maximum Gasteiger partial charge on any atom is 0.0970 e. The second kappa shape index (κ2) is 3.69. The first kappa shape index (κ1) is 10.5. The first-order valence-electron chi connectivity index (χ1n) is 6.28. The molecule has 1 spiro atoms. The van der Waals surface area contributed by atoms with Crippen molar-refractivity contribution < 1.29 is 9.94 Å². The summed E-state index contributed by atoms with van der Waals surface area (Å²) in [6.07, 6.45) is 6.42. The molecule has 2 saturated heterocycles. The fraction of sp³-hybridized carbons (Fsp3) is 0.917. The van der Waals surface area contributed by atoms with Crippen LogP contribution in [-0.2, 0) is 4.84 Å². The van der Waals surface area contributed by atoms with Crippen LogP contribution in [0.1, 0.15) is 38.5 Å². The predicted molar refractivity (Wildman–Crippen MR) is 57.1 cm³/mol. The summed E-state index contributed by atoms with van der Waals surface area (Å²) in [7, 11) is 0. The smallest absolute Gasteiger partial charge is 0.0970 e. The van der Waals surface area contributed by atoms with Gasteiger partial charge in [-0.3, -0.25) is 4.84 Å². The molecule has 3 rings (SSSR count). The van der Waals surface area contributed by atoms with Gasteiger partial charge in [-0.05, 0) is 38.5 Å². The molecule has 4 atom stereocenters. The molecule has 1 N–H and O–H groups in total. The summed E-state index contributed by atoms with van der Waals surface area (Å²) in [6, 6.07) is 2.56. The Hall–Kier alpha value is -0.630. The molecule has 0 aromatic carbocycles. The fourth-order valence-corrected chi connectivity index (χ4v) is 3.86. The molecule has 88 valence electrons. The molecule has 2 aliphatic heterocycles. The molecule has 0 aromatic heterocycles. The zero-order valence-electron chi connectivity index (χ0n) is 9.43. The molecule has 2 bridgehead atoms. The zero-order chi connectivity index (χ0) is 11.2. The van der Waals surface area contributed by atoms with Gasteiger partial charge in [0.25, 0.3) is 0 Å². The van der Waals surface area contributed by atoms with Gasteiger partial charge in [-0.2, -0.15) is 10.3 Å². The van der Waals surface area contributed by atoms with E-state index in [0.29, 0.717) is 0 Å². The van der Waals surface area contributed by atoms with Gasteiger partial charge in [0.1, 0.15) is 0 Å². The van der Waals surface area contributed by atoms with Crippen molar-refractivity contribution in [1.29, 1.82) is 5.26 Å². The molecule has 2 heterocycles. The number of nitrogens with zero attached hydrogens (tertiary/aromatic N) is 2. The number of hydrogen-bond donors (Lipinski definition) is 1. The Bertz CT molecular complexity index is 323. The molecule has 0 unspecified atom stereocenters. The lowest BCUT2D eigenvalue weighted by Crippen LogP contribution is -2.56. The van der Waals surface area contributed by atoms with Crippen LogP contribution in [0.2, 0.25) is 0 Å². The van der Waals surface area contributed by atoms with E-state index in [1.165, 1.54) is 0 Å². The van der Waals surface area contributed by atoms with Crippen LogP contribution in [0.4, 0.5) is 0 Å². The maximum absolute atomic E-state index is 9.41. The number of piperidine rings is 1. The summed E-state index contributed by atoms with van der Waals surface area (Å²) in [4.78, 5) is 5.94.